The number of hydrogen-bond acceptors (Lipinski definition) is 2. The Balaban J connectivity index is 1.95. The summed E-state index contributed by atoms with van der Waals surface area (Å²) in [6.45, 7) is 7.64. The maximum atomic E-state index is 12.8. The van der Waals surface area contributed by atoms with E-state index in [2.05, 4.69) is 43.4 Å². The fraction of sp³-hybridized carbons (Fsp3) is 0.588. The summed E-state index contributed by atoms with van der Waals surface area (Å²) in [4.78, 5) is 14.8. The Morgan fingerprint density at radius 3 is 2.70 bits per heavy atom. The number of benzene rings is 1. The largest absolute Gasteiger partial charge is 0.342 e. The van der Waals surface area contributed by atoms with Crippen LogP contribution in [0.5, 0.6) is 0 Å². The minimum Gasteiger partial charge on any atom is -0.342 e. The van der Waals surface area contributed by atoms with E-state index >= 15 is 0 Å². The average molecular weight is 274 g/mol. The molecule has 0 radical (unpaired) electrons. The predicted octanol–water partition coefficient (Wildman–Crippen LogP) is 2.47. The second-order valence-corrected chi connectivity index (χ2v) is 5.96. The van der Waals surface area contributed by atoms with Gasteiger partial charge in [-0.2, -0.15) is 0 Å². The normalized spacial score (nSPS) is 22.5. The third kappa shape index (κ3) is 3.60. The van der Waals surface area contributed by atoms with Crippen LogP contribution in [-0.4, -0.2) is 37.0 Å². The molecule has 0 saturated carbocycles. The maximum absolute atomic E-state index is 12.8. The van der Waals surface area contributed by atoms with Crippen LogP contribution in [0, 0.1) is 5.41 Å². The van der Waals surface area contributed by atoms with E-state index in [4.69, 9.17) is 0 Å². The van der Waals surface area contributed by atoms with Crippen LogP contribution < -0.4 is 5.32 Å². The highest BCUT2D eigenvalue weighted by molar-refractivity contribution is 5.82. The van der Waals surface area contributed by atoms with E-state index < -0.39 is 0 Å². The zero-order chi connectivity index (χ0) is 14.4. The van der Waals surface area contributed by atoms with Crippen LogP contribution in [0.2, 0.25) is 0 Å². The lowest BCUT2D eigenvalue weighted by Gasteiger charge is -2.37. The van der Waals surface area contributed by atoms with E-state index in [9.17, 15) is 4.79 Å². The van der Waals surface area contributed by atoms with Gasteiger partial charge in [-0.15, -0.1) is 0 Å². The van der Waals surface area contributed by atoms with Gasteiger partial charge in [0.05, 0.1) is 5.41 Å². The first-order valence-electron chi connectivity index (χ1n) is 7.70. The number of amides is 1. The molecular weight excluding hydrogens is 248 g/mol. The Labute approximate surface area is 122 Å². The number of likely N-dealkylation sites (N-methyl/N-ethyl adjacent to an activating group) is 1. The first-order chi connectivity index (χ1) is 9.65. The third-order valence-corrected chi connectivity index (χ3v) is 4.30. The summed E-state index contributed by atoms with van der Waals surface area (Å²) in [6.07, 6.45) is 3.03. The fourth-order valence-electron chi connectivity index (χ4n) is 2.93. The van der Waals surface area contributed by atoms with Gasteiger partial charge in [0.1, 0.15) is 0 Å². The molecule has 0 aliphatic carbocycles. The van der Waals surface area contributed by atoms with Crippen LogP contribution in [0.3, 0.4) is 0 Å². The zero-order valence-electron chi connectivity index (χ0n) is 12.7. The quantitative estimate of drug-likeness (QED) is 0.894. The topological polar surface area (TPSA) is 32.3 Å². The highest BCUT2D eigenvalue weighted by Gasteiger charge is 2.37. The van der Waals surface area contributed by atoms with Crippen molar-refractivity contribution in [2.24, 2.45) is 5.41 Å². The smallest absolute Gasteiger partial charge is 0.229 e. The van der Waals surface area contributed by atoms with Crippen molar-refractivity contribution in [2.45, 2.75) is 33.1 Å². The van der Waals surface area contributed by atoms with E-state index in [1.807, 2.05) is 11.0 Å². The molecule has 1 heterocycles. The molecule has 110 valence electrons. The molecule has 2 rings (SSSR count). The van der Waals surface area contributed by atoms with Crippen molar-refractivity contribution in [2.75, 3.05) is 26.2 Å². The highest BCUT2D eigenvalue weighted by Crippen LogP contribution is 2.28. The van der Waals surface area contributed by atoms with E-state index in [-0.39, 0.29) is 5.41 Å². The molecule has 0 spiro atoms. The molecule has 1 fully saturated rings. The Kier molecular flexibility index (Phi) is 5.18. The number of hydrogen-bond donors (Lipinski definition) is 1. The Hall–Kier alpha value is -1.35. The predicted molar refractivity (Wildman–Crippen MR) is 82.6 cm³/mol. The lowest BCUT2D eigenvalue weighted by molar-refractivity contribution is -0.142. The molecule has 1 N–H and O–H groups in total. The van der Waals surface area contributed by atoms with E-state index in [0.717, 1.165) is 45.4 Å². The first-order valence-corrected chi connectivity index (χ1v) is 7.70. The summed E-state index contributed by atoms with van der Waals surface area (Å²) >= 11 is 0. The van der Waals surface area contributed by atoms with Gasteiger partial charge in [-0.05, 0) is 45.2 Å². The van der Waals surface area contributed by atoms with Crippen molar-refractivity contribution in [3.05, 3.63) is 35.9 Å². The molecule has 1 aliphatic heterocycles. The summed E-state index contributed by atoms with van der Waals surface area (Å²) in [5, 5.41) is 3.36. The van der Waals surface area contributed by atoms with Crippen LogP contribution in [0.25, 0.3) is 0 Å². The lowest BCUT2D eigenvalue weighted by Crippen LogP contribution is -2.50. The SMILES string of the molecule is CCN(CCc1ccccc1)C(=O)C1(C)CCCNC1. The number of nitrogens with zero attached hydrogens (tertiary/aromatic N) is 1. The second kappa shape index (κ2) is 6.89. The third-order valence-electron chi connectivity index (χ3n) is 4.30. The minimum atomic E-state index is -0.217. The number of carbonyl (C=O) groups is 1. The fourth-order valence-corrected chi connectivity index (χ4v) is 2.93. The molecule has 1 atom stereocenters. The molecule has 1 aromatic rings. The summed E-state index contributed by atoms with van der Waals surface area (Å²) in [5.41, 5.74) is 1.08. The van der Waals surface area contributed by atoms with Gasteiger partial charge in [-0.1, -0.05) is 30.3 Å². The zero-order valence-corrected chi connectivity index (χ0v) is 12.7. The monoisotopic (exact) mass is 274 g/mol. The van der Waals surface area contributed by atoms with Gasteiger partial charge in [0, 0.05) is 19.6 Å². The van der Waals surface area contributed by atoms with Gasteiger partial charge in [0.2, 0.25) is 5.91 Å². The highest BCUT2D eigenvalue weighted by atomic mass is 16.2. The molecule has 3 heteroatoms. The van der Waals surface area contributed by atoms with E-state index in [1.165, 1.54) is 5.56 Å². The molecule has 1 aliphatic rings. The van der Waals surface area contributed by atoms with Gasteiger partial charge in [0.25, 0.3) is 0 Å². The van der Waals surface area contributed by atoms with Crippen molar-refractivity contribution >= 4 is 5.91 Å². The first kappa shape index (κ1) is 15.0. The Morgan fingerprint density at radius 2 is 2.10 bits per heavy atom. The standard InChI is InChI=1S/C17H26N2O/c1-3-19(13-10-15-8-5-4-6-9-15)16(20)17(2)11-7-12-18-14-17/h4-6,8-9,18H,3,7,10-14H2,1-2H3. The van der Waals surface area contributed by atoms with Gasteiger partial charge in [0.15, 0.2) is 0 Å². The Bertz CT molecular complexity index is 424. The van der Waals surface area contributed by atoms with Crippen LogP contribution in [-0.2, 0) is 11.2 Å². The second-order valence-electron chi connectivity index (χ2n) is 5.96. The summed E-state index contributed by atoms with van der Waals surface area (Å²) < 4.78 is 0. The number of nitrogens with one attached hydrogen (secondary N) is 1. The van der Waals surface area contributed by atoms with Crippen LogP contribution >= 0.6 is 0 Å². The van der Waals surface area contributed by atoms with Crippen molar-refractivity contribution in [3.63, 3.8) is 0 Å². The molecule has 1 unspecified atom stereocenters. The Morgan fingerprint density at radius 1 is 1.35 bits per heavy atom. The lowest BCUT2D eigenvalue weighted by atomic mass is 9.81. The average Bonchev–Trinajstić information content (AvgIpc) is 2.49. The van der Waals surface area contributed by atoms with Crippen molar-refractivity contribution < 1.29 is 4.79 Å². The van der Waals surface area contributed by atoms with E-state index in [1.54, 1.807) is 0 Å². The van der Waals surface area contributed by atoms with Gasteiger partial charge in [-0.3, -0.25) is 4.79 Å². The summed E-state index contributed by atoms with van der Waals surface area (Å²) in [6, 6.07) is 10.4. The summed E-state index contributed by atoms with van der Waals surface area (Å²) in [5.74, 6) is 0.308. The van der Waals surface area contributed by atoms with Crippen LogP contribution in [0.15, 0.2) is 30.3 Å². The molecule has 1 amide bonds. The molecule has 0 aromatic heterocycles. The molecular formula is C17H26N2O. The maximum Gasteiger partial charge on any atom is 0.229 e. The van der Waals surface area contributed by atoms with Crippen molar-refractivity contribution in [1.29, 1.82) is 0 Å². The minimum absolute atomic E-state index is 0.217. The van der Waals surface area contributed by atoms with Crippen molar-refractivity contribution in [3.8, 4) is 0 Å². The molecule has 3 nitrogen and oxygen atoms in total. The van der Waals surface area contributed by atoms with Gasteiger partial charge < -0.3 is 10.2 Å². The molecule has 20 heavy (non-hydrogen) atoms. The molecule has 1 saturated heterocycles. The van der Waals surface area contributed by atoms with Gasteiger partial charge >= 0.3 is 0 Å². The molecule has 1 aromatic carbocycles. The number of carbonyl (C=O) groups excluding carboxylic acids is 1. The molecule has 0 bridgehead atoms. The summed E-state index contributed by atoms with van der Waals surface area (Å²) in [7, 11) is 0. The van der Waals surface area contributed by atoms with E-state index in [0.29, 0.717) is 5.91 Å². The van der Waals surface area contributed by atoms with Crippen LogP contribution in [0.4, 0.5) is 0 Å². The van der Waals surface area contributed by atoms with Gasteiger partial charge in [-0.25, -0.2) is 0 Å². The van der Waals surface area contributed by atoms with Crippen LogP contribution in [0.1, 0.15) is 32.3 Å². The number of rotatable bonds is 5. The van der Waals surface area contributed by atoms with Crippen molar-refractivity contribution in [1.82, 2.24) is 10.2 Å². The number of piperidine rings is 1.